The molecule has 0 unspecified atom stereocenters. The number of aryl methyl sites for hydroxylation is 3. The van der Waals surface area contributed by atoms with Gasteiger partial charge in [0.15, 0.2) is 17.3 Å². The van der Waals surface area contributed by atoms with Crippen molar-refractivity contribution in [3.8, 4) is 11.5 Å². The van der Waals surface area contributed by atoms with Gasteiger partial charge in [0.05, 0.1) is 12.3 Å². The Morgan fingerprint density at radius 1 is 0.514 bits per heavy atom. The first-order valence-electron chi connectivity index (χ1n) is 50.7. The highest BCUT2D eigenvalue weighted by atomic mass is 32.2. The minimum atomic E-state index is -0.194. The molecule has 0 atom stereocenters. The first-order chi connectivity index (χ1) is 66.8. The summed E-state index contributed by atoms with van der Waals surface area (Å²) in [4.78, 5) is 9.92. The maximum Gasteiger partial charge on any atom is 0.231 e. The molecule has 0 amide bonds. The van der Waals surface area contributed by atoms with Crippen molar-refractivity contribution in [3.05, 3.63) is 312 Å². The van der Waals surface area contributed by atoms with Gasteiger partial charge in [-0.15, -0.1) is 0 Å². The van der Waals surface area contributed by atoms with Crippen LogP contribution in [0.1, 0.15) is 235 Å². The number of aromatic nitrogens is 2. The van der Waals surface area contributed by atoms with Gasteiger partial charge in [-0.1, -0.05) is 251 Å². The molecule has 0 bridgehead atoms. The van der Waals surface area contributed by atoms with Crippen molar-refractivity contribution in [1.82, 2.24) is 30.2 Å². The van der Waals surface area contributed by atoms with Gasteiger partial charge in [0.1, 0.15) is 29.0 Å². The number of nitrogen functional groups attached to an aromatic ring is 2. The standard InChI is InChI=1S/C13H13N.C13H10S.C11H14FN.C10H20.2C8H10FN.C8H19N.C7H12N2.C7H16N2.C7H7NO2.C6H8O.C5H12N2.C4H6N2O.C4H11N.C4H8/c14-13(11-7-3-1-4-8-11)12-9-5-2-6-10-12;1-3-7-12-10(5-1)9-11-6-2-4-8-13(11)14-12;12-10-4-6-11(7-5-10)13-8-2-1-3-9-13;1-9(2)6-5-7-10(3,4)8-9;9-8-3-1-7(2-4-8)5-6-10;9-8-3-1-2-7(6-8)4-5-10;1-3-4-5-6-7-8-9-2;8-4-3-7-9-5-1-2-6-9;8-4-7-9-5-2-1-3-6-9;8-5-1-2-6-7(3-5)10-4-9-6;1-2-6-4-3-5-7-6;1-7-4-2-6-3-5-7;1-3-2-4(5)6-7-3;1-2-3-4-5;1-4-2-3-4/h1-10,13H,14H2;1-8H,9H2;4-7H,1-3,8-9H2;5-8H2,1-4H3;1-4H,5-6,10H2;1-3,6H,4-5,10H2;9H,3-8H2,1-2H3;1-2,5-6H,3-4,7-8H2;1-8H2;1-3H,4,8H2;3-5H,2H2,1H3;6H,2-5H2,1H3;2H,1H3,(H2,5,6);2-5H2,1H3;4H,2-3H2,1H3. The van der Waals surface area contributed by atoms with Gasteiger partial charge in [0, 0.05) is 111 Å². The summed E-state index contributed by atoms with van der Waals surface area (Å²) in [5.74, 6) is 4.30. The Labute approximate surface area is 834 Å². The molecule has 0 spiro atoms. The van der Waals surface area contributed by atoms with E-state index in [2.05, 4.69) is 187 Å². The Kier molecular flexibility index (Phi) is 65.7. The minimum absolute atomic E-state index is 0.0163. The fourth-order valence-corrected chi connectivity index (χ4v) is 16.4. The van der Waals surface area contributed by atoms with Gasteiger partial charge in [-0.05, 0) is 304 Å². The molecular formula is C115H176F3N15O4S. The van der Waals surface area contributed by atoms with Crippen LogP contribution >= 0.6 is 11.8 Å². The van der Waals surface area contributed by atoms with Crippen LogP contribution in [-0.4, -0.2) is 139 Å². The van der Waals surface area contributed by atoms with Crippen molar-refractivity contribution in [2.45, 2.75) is 239 Å². The van der Waals surface area contributed by atoms with Gasteiger partial charge >= 0.3 is 0 Å². The zero-order valence-corrected chi connectivity index (χ0v) is 86.7. The smallest absolute Gasteiger partial charge is 0.231 e. The number of piperazine rings is 1. The predicted octanol–water partition coefficient (Wildman–Crippen LogP) is 24.1. The number of nitrogens with zero attached hydrogens (tertiary/aromatic N) is 5. The molecule has 8 heterocycles. The number of hydrogen-bond acceptors (Lipinski definition) is 19. The lowest BCUT2D eigenvalue weighted by atomic mass is 9.65. The highest BCUT2D eigenvalue weighted by molar-refractivity contribution is 7.99. The number of ether oxygens (including phenoxy) is 2. The molecule has 2 aliphatic carbocycles. The third kappa shape index (κ3) is 58.4. The number of nitrogens with two attached hydrogens (primary N) is 8. The number of fused-ring (bicyclic) bond motifs is 3. The largest absolute Gasteiger partial charge is 0.469 e. The third-order valence-corrected chi connectivity index (χ3v) is 24.4. The molecule has 138 heavy (non-hydrogen) atoms. The highest BCUT2D eigenvalue weighted by Gasteiger charge is 2.33. The lowest BCUT2D eigenvalue weighted by Gasteiger charge is -2.40. The topological polar surface area (TPSA) is 305 Å². The number of furan rings is 1. The molecule has 5 aliphatic heterocycles. The van der Waals surface area contributed by atoms with Gasteiger partial charge in [-0.25, -0.2) is 13.2 Å². The number of hydrogen-bond donors (Lipinski definition) is 10. The normalized spacial score (nSPS) is 14.7. The average molecular weight is 1920 g/mol. The number of halogens is 3. The lowest BCUT2D eigenvalue weighted by molar-refractivity contribution is 0.116. The van der Waals surface area contributed by atoms with Crippen LogP contribution in [0.4, 0.5) is 30.4 Å². The molecule has 0 radical (unpaired) electrons. The second-order valence-corrected chi connectivity index (χ2v) is 38.2. The summed E-state index contributed by atoms with van der Waals surface area (Å²) >= 11 is 1.88. The van der Waals surface area contributed by atoms with E-state index in [1.165, 1.54) is 212 Å². The van der Waals surface area contributed by atoms with Crippen LogP contribution in [0.25, 0.3) is 0 Å². The summed E-state index contributed by atoms with van der Waals surface area (Å²) in [7, 11) is 4.17. The summed E-state index contributed by atoms with van der Waals surface area (Å²) < 4.78 is 59.2. The van der Waals surface area contributed by atoms with E-state index < -0.39 is 0 Å². The molecule has 8 aromatic carbocycles. The van der Waals surface area contributed by atoms with Crippen LogP contribution in [0.3, 0.4) is 0 Å². The third-order valence-electron chi connectivity index (χ3n) is 23.2. The second kappa shape index (κ2) is 75.2. The van der Waals surface area contributed by atoms with E-state index in [9.17, 15) is 13.2 Å². The monoisotopic (exact) mass is 1920 g/mol. The number of likely N-dealkylation sites (N-methyl/N-ethyl adjacent to an activating group) is 1. The van der Waals surface area contributed by atoms with E-state index in [4.69, 9.17) is 59.8 Å². The molecule has 7 aliphatic rings. The first kappa shape index (κ1) is 121. The van der Waals surface area contributed by atoms with Crippen molar-refractivity contribution >= 4 is 29.0 Å². The molecule has 18 rings (SSSR count). The van der Waals surface area contributed by atoms with Crippen LogP contribution in [0, 0.1) is 41.1 Å². The minimum Gasteiger partial charge on any atom is -0.469 e. The van der Waals surface area contributed by atoms with Crippen LogP contribution in [0.2, 0.25) is 0 Å². The summed E-state index contributed by atoms with van der Waals surface area (Å²) in [6.07, 6.45) is 36.5. The number of benzene rings is 8. The van der Waals surface area contributed by atoms with E-state index in [1.54, 1.807) is 55.7 Å². The number of piperidine rings is 2. The maximum absolute atomic E-state index is 12.6. The van der Waals surface area contributed by atoms with Crippen LogP contribution in [0.5, 0.6) is 11.5 Å². The summed E-state index contributed by atoms with van der Waals surface area (Å²) in [6.45, 7) is 36.9. The molecule has 19 nitrogen and oxygen atoms in total. The van der Waals surface area contributed by atoms with Gasteiger partial charge in [0.25, 0.3) is 0 Å². The van der Waals surface area contributed by atoms with Crippen molar-refractivity contribution in [1.29, 1.82) is 0 Å². The number of anilines is 3. The highest BCUT2D eigenvalue weighted by Crippen LogP contribution is 2.45. The molecule has 23 heteroatoms. The molecule has 5 fully saturated rings. The van der Waals surface area contributed by atoms with E-state index >= 15 is 0 Å². The quantitative estimate of drug-likeness (QED) is 0.0236. The van der Waals surface area contributed by atoms with Gasteiger partial charge in [-0.2, -0.15) is 0 Å². The zero-order valence-electron chi connectivity index (χ0n) is 85.8. The average Bonchev–Trinajstić information content (AvgIpc) is 0.945. The van der Waals surface area contributed by atoms with Crippen LogP contribution < -0.4 is 70.9 Å². The Morgan fingerprint density at radius 3 is 1.49 bits per heavy atom. The molecule has 11 aromatic rings. The van der Waals surface area contributed by atoms with Gasteiger partial charge in [-0.3, -0.25) is 0 Å². The van der Waals surface area contributed by atoms with Crippen molar-refractivity contribution in [3.63, 3.8) is 0 Å². The zero-order chi connectivity index (χ0) is 100. The fraction of sp³-hybridized carbons (Fsp3) is 0.487. The molecule has 18 N–H and O–H groups in total. The number of likely N-dealkylation sites (tertiary alicyclic amines) is 1. The molecule has 3 saturated heterocycles. The van der Waals surface area contributed by atoms with E-state index in [0.717, 1.165) is 148 Å². The Balaban J connectivity index is 0.000000311. The SMILES string of the molecule is CC1(C)CCCC(C)(C)C1.CC1CC1.CCCCCCCNC.CCCCN.CCc1ccco1.CN1CCNCC1.Cc1cc(N)no1.Fc1ccc(N2CCCCC2)cc1.NC(c1ccccc1)c1ccccc1.NCCCn1cccc1.NCCN1CCCCC1.NCCc1ccc(F)cc1.NCCc1cccc(F)c1.Nc1ccc2c(c1)OCO2.c1ccc2c(c1)Cc1ccccc1S2. The number of unbranched alkanes of at least 4 members (excludes halogenated alkanes) is 5. The van der Waals surface area contributed by atoms with E-state index in [0.29, 0.717) is 42.2 Å². The van der Waals surface area contributed by atoms with E-state index in [-0.39, 0.29) is 23.5 Å². The summed E-state index contributed by atoms with van der Waals surface area (Å²) in [6, 6.07) is 72.2. The van der Waals surface area contributed by atoms with Crippen molar-refractivity contribution in [2.24, 2.45) is 51.1 Å². The lowest BCUT2D eigenvalue weighted by Crippen LogP contribution is -2.40. The van der Waals surface area contributed by atoms with Crippen LogP contribution in [-0.2, 0) is 32.2 Å². The maximum atomic E-state index is 12.6. The van der Waals surface area contributed by atoms with Gasteiger partial charge < -0.3 is 94.2 Å². The summed E-state index contributed by atoms with van der Waals surface area (Å²) in [5, 5.41) is 9.84. The molecule has 762 valence electrons. The number of rotatable bonds is 21. The predicted molar refractivity (Wildman–Crippen MR) is 579 cm³/mol. The number of nitrogens with one attached hydrogen (secondary N) is 2. The fourth-order valence-electron chi connectivity index (χ4n) is 15.4. The first-order valence-corrected chi connectivity index (χ1v) is 51.5. The molecule has 3 aromatic heterocycles. The Morgan fingerprint density at radius 2 is 1.05 bits per heavy atom. The second-order valence-electron chi connectivity index (χ2n) is 37.1. The molecule has 2 saturated carbocycles. The molecular weight excluding hydrogens is 1740 g/mol. The Bertz CT molecular complexity index is 4520. The van der Waals surface area contributed by atoms with Crippen molar-refractivity contribution < 1.29 is 31.6 Å². The van der Waals surface area contributed by atoms with Crippen LogP contribution in [0.15, 0.2) is 268 Å². The summed E-state index contributed by atoms with van der Waals surface area (Å²) in [5.41, 5.74) is 53.6. The van der Waals surface area contributed by atoms with E-state index in [1.807, 2.05) is 97.7 Å². The van der Waals surface area contributed by atoms with Crippen molar-refractivity contribution in [2.75, 3.05) is 135 Å². The Hall–Kier alpha value is -9.73. The van der Waals surface area contributed by atoms with Gasteiger partial charge in [0.2, 0.25) is 6.79 Å².